The van der Waals surface area contributed by atoms with Crippen LogP contribution in [0.15, 0.2) is 65.8 Å². The number of amides is 2. The van der Waals surface area contributed by atoms with Crippen molar-refractivity contribution < 1.29 is 23.5 Å². The molecule has 31 heavy (non-hydrogen) atoms. The van der Waals surface area contributed by atoms with Crippen molar-refractivity contribution in [2.75, 3.05) is 12.0 Å². The second-order valence-electron chi connectivity index (χ2n) is 7.57. The lowest BCUT2D eigenvalue weighted by atomic mass is 9.86. The fourth-order valence-corrected chi connectivity index (χ4v) is 4.63. The van der Waals surface area contributed by atoms with Crippen LogP contribution in [0.1, 0.15) is 10.4 Å². The summed E-state index contributed by atoms with van der Waals surface area (Å²) in [6.07, 6.45) is 4.96. The number of rotatable bonds is 4. The van der Waals surface area contributed by atoms with Crippen LogP contribution in [0.3, 0.4) is 0 Å². The highest BCUT2D eigenvalue weighted by Crippen LogP contribution is 2.46. The number of para-hydroxylation sites is 1. The zero-order chi connectivity index (χ0) is 21.7. The SMILES string of the molecule is COc1ccc(C(=O)[C@@H]2[C@@H]3C(=O)N(c4ccccc4F)C(=O)[C@@H]3C3C=CC=NN32)cc1. The number of Topliss-reactive ketones (excluding diaryl/α,β-unsaturated/α-hetero) is 1. The number of hydrogen-bond acceptors (Lipinski definition) is 6. The summed E-state index contributed by atoms with van der Waals surface area (Å²) < 4.78 is 19.6. The number of ether oxygens (including phenoxy) is 1. The topological polar surface area (TPSA) is 79.3 Å². The smallest absolute Gasteiger partial charge is 0.240 e. The van der Waals surface area contributed by atoms with Gasteiger partial charge in [0, 0.05) is 11.8 Å². The molecule has 3 heterocycles. The van der Waals surface area contributed by atoms with E-state index in [0.29, 0.717) is 11.3 Å². The second-order valence-corrected chi connectivity index (χ2v) is 7.57. The molecule has 4 atom stereocenters. The van der Waals surface area contributed by atoms with Crippen LogP contribution in [-0.2, 0) is 9.59 Å². The molecule has 3 aliphatic heterocycles. The third-order valence-electron chi connectivity index (χ3n) is 6.03. The fraction of sp³-hybridized carbons (Fsp3) is 0.217. The third kappa shape index (κ3) is 2.78. The lowest BCUT2D eigenvalue weighted by molar-refractivity contribution is -0.123. The first-order valence-corrected chi connectivity index (χ1v) is 9.82. The Morgan fingerprint density at radius 2 is 1.74 bits per heavy atom. The largest absolute Gasteiger partial charge is 0.497 e. The molecule has 0 bridgehead atoms. The summed E-state index contributed by atoms with van der Waals surface area (Å²) in [5.74, 6) is -3.32. The highest BCUT2D eigenvalue weighted by Gasteiger charge is 2.64. The van der Waals surface area contributed by atoms with Gasteiger partial charge >= 0.3 is 0 Å². The van der Waals surface area contributed by atoms with Crippen molar-refractivity contribution in [3.63, 3.8) is 0 Å². The predicted octanol–water partition coefficient (Wildman–Crippen LogP) is 2.43. The maximum atomic E-state index is 14.4. The molecule has 156 valence electrons. The van der Waals surface area contributed by atoms with Gasteiger partial charge in [0.2, 0.25) is 11.8 Å². The average Bonchev–Trinajstić information content (AvgIpc) is 3.27. The normalized spacial score (nSPS) is 26.3. The summed E-state index contributed by atoms with van der Waals surface area (Å²) in [7, 11) is 1.53. The number of allylic oxidation sites excluding steroid dienone is 1. The number of benzene rings is 2. The van der Waals surface area contributed by atoms with E-state index in [-0.39, 0.29) is 11.5 Å². The zero-order valence-corrected chi connectivity index (χ0v) is 16.5. The van der Waals surface area contributed by atoms with Gasteiger partial charge in [-0.2, -0.15) is 5.10 Å². The van der Waals surface area contributed by atoms with E-state index in [0.717, 1.165) is 4.90 Å². The lowest BCUT2D eigenvalue weighted by Gasteiger charge is -2.30. The van der Waals surface area contributed by atoms with Crippen LogP contribution >= 0.6 is 0 Å². The minimum Gasteiger partial charge on any atom is -0.497 e. The fourth-order valence-electron chi connectivity index (χ4n) is 4.63. The molecule has 3 aliphatic rings. The molecule has 0 aromatic heterocycles. The number of imide groups is 1. The van der Waals surface area contributed by atoms with Gasteiger partial charge in [-0.3, -0.25) is 19.4 Å². The molecule has 2 aromatic rings. The number of halogens is 1. The number of nitrogens with zero attached hydrogens (tertiary/aromatic N) is 3. The highest BCUT2D eigenvalue weighted by molar-refractivity contribution is 6.24. The van der Waals surface area contributed by atoms with E-state index >= 15 is 0 Å². The van der Waals surface area contributed by atoms with E-state index in [1.807, 2.05) is 0 Å². The quantitative estimate of drug-likeness (QED) is 0.562. The molecule has 0 saturated carbocycles. The van der Waals surface area contributed by atoms with Crippen LogP contribution in [0, 0.1) is 17.7 Å². The maximum Gasteiger partial charge on any atom is 0.240 e. The van der Waals surface area contributed by atoms with Gasteiger partial charge in [-0.25, -0.2) is 9.29 Å². The lowest BCUT2D eigenvalue weighted by Crippen LogP contribution is -2.46. The van der Waals surface area contributed by atoms with Gasteiger partial charge in [0.1, 0.15) is 17.6 Å². The Morgan fingerprint density at radius 3 is 2.45 bits per heavy atom. The van der Waals surface area contributed by atoms with Crippen LogP contribution < -0.4 is 9.64 Å². The van der Waals surface area contributed by atoms with Crippen molar-refractivity contribution in [2.45, 2.75) is 12.1 Å². The Hall–Kier alpha value is -3.81. The van der Waals surface area contributed by atoms with E-state index in [2.05, 4.69) is 5.10 Å². The van der Waals surface area contributed by atoms with Crippen molar-refractivity contribution in [2.24, 2.45) is 16.9 Å². The van der Waals surface area contributed by atoms with Crippen LogP contribution in [0.4, 0.5) is 10.1 Å². The summed E-state index contributed by atoms with van der Waals surface area (Å²) in [4.78, 5) is 41.0. The zero-order valence-electron chi connectivity index (χ0n) is 16.5. The third-order valence-corrected chi connectivity index (χ3v) is 6.03. The minimum absolute atomic E-state index is 0.0996. The molecular formula is C23H18FN3O4. The monoisotopic (exact) mass is 419 g/mol. The number of anilines is 1. The number of hydrogen-bond donors (Lipinski definition) is 0. The summed E-state index contributed by atoms with van der Waals surface area (Å²) in [6.45, 7) is 0. The van der Waals surface area contributed by atoms with Gasteiger partial charge in [-0.05, 0) is 42.5 Å². The first-order valence-electron chi connectivity index (χ1n) is 9.82. The number of carbonyl (C=O) groups is 3. The van der Waals surface area contributed by atoms with Gasteiger partial charge < -0.3 is 4.74 Å². The molecule has 2 aromatic carbocycles. The molecule has 2 amide bonds. The summed E-state index contributed by atoms with van der Waals surface area (Å²) in [6, 6.07) is 10.6. The molecule has 2 fully saturated rings. The molecule has 0 aliphatic carbocycles. The Balaban J connectivity index is 1.57. The van der Waals surface area contributed by atoms with E-state index < -0.39 is 41.6 Å². The second kappa shape index (κ2) is 7.16. The molecule has 2 saturated heterocycles. The number of methoxy groups -OCH3 is 1. The Kier molecular flexibility index (Phi) is 4.43. The Bertz CT molecular complexity index is 1140. The van der Waals surface area contributed by atoms with Crippen LogP contribution in [0.2, 0.25) is 0 Å². The Morgan fingerprint density at radius 1 is 1.03 bits per heavy atom. The van der Waals surface area contributed by atoms with Gasteiger partial charge in [0.05, 0.1) is 30.7 Å². The van der Waals surface area contributed by atoms with Crippen molar-refractivity contribution in [1.82, 2.24) is 5.01 Å². The van der Waals surface area contributed by atoms with Crippen molar-refractivity contribution in [3.05, 3.63) is 72.1 Å². The first-order chi connectivity index (χ1) is 15.0. The average molecular weight is 419 g/mol. The maximum absolute atomic E-state index is 14.4. The molecule has 0 N–H and O–H groups in total. The summed E-state index contributed by atoms with van der Waals surface area (Å²) in [5, 5.41) is 5.82. The van der Waals surface area contributed by atoms with Gasteiger partial charge in [-0.1, -0.05) is 18.2 Å². The summed E-state index contributed by atoms with van der Waals surface area (Å²) >= 11 is 0. The highest BCUT2D eigenvalue weighted by atomic mass is 19.1. The first kappa shape index (κ1) is 19.2. The van der Waals surface area contributed by atoms with Gasteiger partial charge in [0.15, 0.2) is 5.78 Å². The van der Waals surface area contributed by atoms with Crippen LogP contribution in [-0.4, -0.2) is 48.0 Å². The number of fused-ring (bicyclic) bond motifs is 3. The van der Waals surface area contributed by atoms with Gasteiger partial charge in [0.25, 0.3) is 0 Å². The molecular weight excluding hydrogens is 401 g/mol. The molecule has 5 rings (SSSR count). The molecule has 0 radical (unpaired) electrons. The van der Waals surface area contributed by atoms with E-state index in [4.69, 9.17) is 4.74 Å². The standard InChI is InChI=1S/C23H18FN3O4/c1-31-14-10-8-13(9-11-14)21(28)20-19-18(17-7-4-12-25-27(17)20)22(29)26(23(19)30)16-6-3-2-5-15(16)24/h2-12,17-20H,1H3/t17?,18-,19-,20+/m1/s1. The predicted molar refractivity (Wildman–Crippen MR) is 110 cm³/mol. The molecule has 8 heteroatoms. The van der Waals surface area contributed by atoms with Crippen molar-refractivity contribution in [3.8, 4) is 5.75 Å². The van der Waals surface area contributed by atoms with E-state index in [1.165, 1.54) is 36.5 Å². The minimum atomic E-state index is -0.974. The number of carbonyl (C=O) groups excluding carboxylic acids is 3. The van der Waals surface area contributed by atoms with E-state index in [9.17, 15) is 18.8 Å². The van der Waals surface area contributed by atoms with Crippen molar-refractivity contribution >= 4 is 29.5 Å². The molecule has 0 spiro atoms. The summed E-state index contributed by atoms with van der Waals surface area (Å²) in [5.41, 5.74) is 0.275. The molecule has 1 unspecified atom stereocenters. The van der Waals surface area contributed by atoms with E-state index in [1.54, 1.807) is 42.5 Å². The van der Waals surface area contributed by atoms with Gasteiger partial charge in [-0.15, -0.1) is 0 Å². The van der Waals surface area contributed by atoms with Crippen molar-refractivity contribution in [1.29, 1.82) is 0 Å². The number of hydrazone groups is 1. The number of ketones is 1. The van der Waals surface area contributed by atoms with Crippen LogP contribution in [0.5, 0.6) is 5.75 Å². The van der Waals surface area contributed by atoms with Crippen LogP contribution in [0.25, 0.3) is 0 Å². The molecule has 7 nitrogen and oxygen atoms in total. The Labute approximate surface area is 177 Å².